The summed E-state index contributed by atoms with van der Waals surface area (Å²) in [6.45, 7) is 3.44. The molecule has 0 spiro atoms. The molecular formula is C15H18F3NO4. The van der Waals surface area contributed by atoms with E-state index in [1.54, 1.807) is 13.8 Å². The zero-order valence-electron chi connectivity index (χ0n) is 12.7. The fraction of sp³-hybridized carbons (Fsp3) is 0.467. The monoisotopic (exact) mass is 333 g/mol. The van der Waals surface area contributed by atoms with Gasteiger partial charge in [-0.25, -0.2) is 4.79 Å². The number of carbonyl (C=O) groups is 2. The third kappa shape index (κ3) is 6.17. The summed E-state index contributed by atoms with van der Waals surface area (Å²) in [6.07, 6.45) is -4.75. The van der Waals surface area contributed by atoms with E-state index in [1.165, 1.54) is 18.2 Å². The van der Waals surface area contributed by atoms with Crippen molar-refractivity contribution in [3.05, 3.63) is 29.8 Å². The molecule has 1 aromatic rings. The normalized spacial score (nSPS) is 14.0. The van der Waals surface area contributed by atoms with Gasteiger partial charge in [-0.05, 0) is 12.0 Å². The molecule has 1 aromatic carbocycles. The molecule has 0 aliphatic heterocycles. The Morgan fingerprint density at radius 3 is 2.43 bits per heavy atom. The van der Waals surface area contributed by atoms with Gasteiger partial charge in [0.25, 0.3) is 0 Å². The van der Waals surface area contributed by atoms with Gasteiger partial charge in [-0.1, -0.05) is 38.5 Å². The van der Waals surface area contributed by atoms with Gasteiger partial charge in [-0.3, -0.25) is 4.79 Å². The van der Waals surface area contributed by atoms with E-state index < -0.39 is 36.5 Å². The van der Waals surface area contributed by atoms with Crippen LogP contribution in [-0.2, 0) is 16.0 Å². The van der Waals surface area contributed by atoms with Gasteiger partial charge in [0.15, 0.2) is 0 Å². The number of benzene rings is 1. The number of carboxylic acid groups (broad SMARTS) is 1. The molecule has 2 atom stereocenters. The highest BCUT2D eigenvalue weighted by Crippen LogP contribution is 2.26. The second-order valence-electron chi connectivity index (χ2n) is 5.10. The van der Waals surface area contributed by atoms with E-state index in [9.17, 15) is 22.8 Å². The summed E-state index contributed by atoms with van der Waals surface area (Å²) in [5.41, 5.74) is 0.0237. The lowest BCUT2D eigenvalue weighted by molar-refractivity contribution is -0.274. The molecule has 1 amide bonds. The number of rotatable bonds is 7. The molecule has 0 heterocycles. The van der Waals surface area contributed by atoms with Crippen LogP contribution in [-0.4, -0.2) is 29.4 Å². The van der Waals surface area contributed by atoms with Crippen LogP contribution < -0.4 is 10.1 Å². The Morgan fingerprint density at radius 2 is 1.91 bits per heavy atom. The van der Waals surface area contributed by atoms with Crippen LogP contribution in [0.1, 0.15) is 25.8 Å². The standard InChI is InChI=1S/C15H18F3NO4/c1-3-9(2)13(14(21)22)19-12(20)8-10-6-4-5-7-11(10)23-15(16,17)18/h4-7,9,13H,3,8H2,1-2H3,(H,19,20)(H,21,22)/t9-,13-/m1/s1. The minimum absolute atomic E-state index is 0.0237. The van der Waals surface area contributed by atoms with Crippen LogP contribution in [0.5, 0.6) is 5.75 Å². The fourth-order valence-electron chi connectivity index (χ4n) is 1.95. The van der Waals surface area contributed by atoms with Crippen molar-refractivity contribution in [1.82, 2.24) is 5.32 Å². The van der Waals surface area contributed by atoms with Crippen molar-refractivity contribution in [2.45, 2.75) is 39.1 Å². The first-order valence-electron chi connectivity index (χ1n) is 6.99. The molecule has 2 N–H and O–H groups in total. The number of halogens is 3. The Bertz CT molecular complexity index is 560. The van der Waals surface area contributed by atoms with E-state index in [-0.39, 0.29) is 11.5 Å². The van der Waals surface area contributed by atoms with Crippen molar-refractivity contribution < 1.29 is 32.6 Å². The second kappa shape index (κ2) is 7.85. The van der Waals surface area contributed by atoms with Crippen LogP contribution >= 0.6 is 0 Å². The first kappa shape index (κ1) is 18.8. The number of aliphatic carboxylic acids is 1. The van der Waals surface area contributed by atoms with Gasteiger partial charge >= 0.3 is 12.3 Å². The topological polar surface area (TPSA) is 75.6 Å². The van der Waals surface area contributed by atoms with Crippen molar-refractivity contribution in [2.24, 2.45) is 5.92 Å². The summed E-state index contributed by atoms with van der Waals surface area (Å²) in [4.78, 5) is 23.1. The molecule has 0 fully saturated rings. The van der Waals surface area contributed by atoms with Crippen molar-refractivity contribution >= 4 is 11.9 Å². The maximum absolute atomic E-state index is 12.3. The summed E-state index contributed by atoms with van der Waals surface area (Å²) in [6, 6.07) is 4.14. The number of nitrogens with one attached hydrogen (secondary N) is 1. The van der Waals surface area contributed by atoms with Gasteiger partial charge in [0.1, 0.15) is 11.8 Å². The molecule has 0 saturated carbocycles. The minimum Gasteiger partial charge on any atom is -0.480 e. The zero-order valence-corrected chi connectivity index (χ0v) is 12.7. The highest BCUT2D eigenvalue weighted by Gasteiger charge is 2.32. The average molecular weight is 333 g/mol. The Hall–Kier alpha value is -2.25. The van der Waals surface area contributed by atoms with Crippen molar-refractivity contribution in [1.29, 1.82) is 0 Å². The molecule has 0 bridgehead atoms. The lowest BCUT2D eigenvalue weighted by Gasteiger charge is -2.20. The number of hydrogen-bond acceptors (Lipinski definition) is 3. The van der Waals surface area contributed by atoms with Gasteiger partial charge < -0.3 is 15.2 Å². The number of hydrogen-bond donors (Lipinski definition) is 2. The summed E-state index contributed by atoms with van der Waals surface area (Å²) >= 11 is 0. The first-order valence-corrected chi connectivity index (χ1v) is 6.99. The number of carboxylic acids is 1. The SMILES string of the molecule is CC[C@@H](C)[C@@H](NC(=O)Cc1ccccc1OC(F)(F)F)C(=O)O. The van der Waals surface area contributed by atoms with Crippen LogP contribution in [0.2, 0.25) is 0 Å². The summed E-state index contributed by atoms with van der Waals surface area (Å²) in [5.74, 6) is -2.66. The van der Waals surface area contributed by atoms with Gasteiger partial charge in [-0.15, -0.1) is 13.2 Å². The molecule has 23 heavy (non-hydrogen) atoms. The van der Waals surface area contributed by atoms with Crippen molar-refractivity contribution in [2.75, 3.05) is 0 Å². The van der Waals surface area contributed by atoms with Crippen LogP contribution in [0, 0.1) is 5.92 Å². The van der Waals surface area contributed by atoms with Gasteiger partial charge in [-0.2, -0.15) is 0 Å². The Labute approximate surface area is 131 Å². The number of ether oxygens (including phenoxy) is 1. The predicted molar refractivity (Wildman–Crippen MR) is 75.9 cm³/mol. The lowest BCUT2D eigenvalue weighted by Crippen LogP contribution is -2.45. The lowest BCUT2D eigenvalue weighted by atomic mass is 9.99. The molecular weight excluding hydrogens is 315 g/mol. The smallest absolute Gasteiger partial charge is 0.480 e. The molecule has 0 aliphatic carbocycles. The highest BCUT2D eigenvalue weighted by molar-refractivity contribution is 5.85. The molecule has 5 nitrogen and oxygen atoms in total. The van der Waals surface area contributed by atoms with Crippen LogP contribution in [0.15, 0.2) is 24.3 Å². The summed E-state index contributed by atoms with van der Waals surface area (Å²) in [5, 5.41) is 11.4. The number of amides is 1. The van der Waals surface area contributed by atoms with E-state index >= 15 is 0 Å². The molecule has 0 aromatic heterocycles. The summed E-state index contributed by atoms with van der Waals surface area (Å²) in [7, 11) is 0. The zero-order chi connectivity index (χ0) is 17.6. The van der Waals surface area contributed by atoms with E-state index in [0.29, 0.717) is 6.42 Å². The van der Waals surface area contributed by atoms with E-state index in [4.69, 9.17) is 5.11 Å². The van der Waals surface area contributed by atoms with Crippen LogP contribution in [0.4, 0.5) is 13.2 Å². The van der Waals surface area contributed by atoms with E-state index in [2.05, 4.69) is 10.1 Å². The third-order valence-electron chi connectivity index (χ3n) is 3.34. The second-order valence-corrected chi connectivity index (χ2v) is 5.10. The quantitative estimate of drug-likeness (QED) is 0.804. The molecule has 0 saturated heterocycles. The average Bonchev–Trinajstić information content (AvgIpc) is 2.44. The fourth-order valence-corrected chi connectivity index (χ4v) is 1.95. The first-order chi connectivity index (χ1) is 10.6. The molecule has 1 rings (SSSR count). The van der Waals surface area contributed by atoms with Crippen LogP contribution in [0.25, 0.3) is 0 Å². The molecule has 128 valence electrons. The molecule has 0 aliphatic rings. The Kier molecular flexibility index (Phi) is 6.41. The molecule has 0 radical (unpaired) electrons. The third-order valence-corrected chi connectivity index (χ3v) is 3.34. The molecule has 8 heteroatoms. The van der Waals surface area contributed by atoms with E-state index in [0.717, 1.165) is 6.07 Å². The van der Waals surface area contributed by atoms with E-state index in [1.807, 2.05) is 0 Å². The minimum atomic E-state index is -4.87. The van der Waals surface area contributed by atoms with Gasteiger partial charge in [0, 0.05) is 5.56 Å². The largest absolute Gasteiger partial charge is 0.573 e. The maximum Gasteiger partial charge on any atom is 0.573 e. The number of para-hydroxylation sites is 1. The maximum atomic E-state index is 12.3. The number of carbonyl (C=O) groups excluding carboxylic acids is 1. The van der Waals surface area contributed by atoms with Gasteiger partial charge in [0.2, 0.25) is 5.91 Å². The van der Waals surface area contributed by atoms with Crippen molar-refractivity contribution in [3.63, 3.8) is 0 Å². The summed E-state index contributed by atoms with van der Waals surface area (Å²) < 4.78 is 40.8. The predicted octanol–water partition coefficient (Wildman–Crippen LogP) is 2.74. The van der Waals surface area contributed by atoms with Crippen LogP contribution in [0.3, 0.4) is 0 Å². The highest BCUT2D eigenvalue weighted by atomic mass is 19.4. The van der Waals surface area contributed by atoms with Gasteiger partial charge in [0.05, 0.1) is 6.42 Å². The number of alkyl halides is 3. The Balaban J connectivity index is 2.83. The molecule has 0 unspecified atom stereocenters. The van der Waals surface area contributed by atoms with Crippen molar-refractivity contribution in [3.8, 4) is 5.75 Å². The Morgan fingerprint density at radius 1 is 1.30 bits per heavy atom.